The fourth-order valence-corrected chi connectivity index (χ4v) is 3.19. The maximum absolute atomic E-state index is 13.1. The normalized spacial score (nSPS) is 10.6. The maximum atomic E-state index is 13.1. The molecule has 0 radical (unpaired) electrons. The third kappa shape index (κ3) is 5.55. The first kappa shape index (κ1) is 20.8. The molecule has 150 valence electrons. The molecule has 8 nitrogen and oxygen atoms in total. The number of rotatable bonds is 8. The van der Waals surface area contributed by atoms with Crippen molar-refractivity contribution >= 4 is 35.2 Å². The maximum Gasteiger partial charge on any atom is 0.352 e. The minimum absolute atomic E-state index is 0.0987. The van der Waals surface area contributed by atoms with Crippen LogP contribution in [0, 0.1) is 5.82 Å². The van der Waals surface area contributed by atoms with Crippen LogP contribution in [0.5, 0.6) is 0 Å². The molecule has 3 rings (SSSR count). The van der Waals surface area contributed by atoms with E-state index in [1.165, 1.54) is 30.0 Å². The summed E-state index contributed by atoms with van der Waals surface area (Å²) in [7, 11) is 0. The molecular weight excluding hydrogens is 417 g/mol. The van der Waals surface area contributed by atoms with Crippen LogP contribution in [0.1, 0.15) is 26.5 Å². The first-order chi connectivity index (χ1) is 14.1. The van der Waals surface area contributed by atoms with Crippen molar-refractivity contribution in [3.8, 4) is 11.3 Å². The number of halogens is 1. The second-order valence-corrected chi connectivity index (χ2v) is 7.19. The van der Waals surface area contributed by atoms with Gasteiger partial charge in [0.1, 0.15) is 11.5 Å². The van der Waals surface area contributed by atoms with Gasteiger partial charge in [0.2, 0.25) is 0 Å². The van der Waals surface area contributed by atoms with Crippen LogP contribution in [0.4, 0.5) is 4.39 Å². The van der Waals surface area contributed by atoms with Crippen molar-refractivity contribution < 1.29 is 18.7 Å². The van der Waals surface area contributed by atoms with Gasteiger partial charge < -0.3 is 10.1 Å². The van der Waals surface area contributed by atoms with Crippen molar-refractivity contribution in [1.29, 1.82) is 0 Å². The van der Waals surface area contributed by atoms with Gasteiger partial charge in [0.05, 0.1) is 6.61 Å². The van der Waals surface area contributed by atoms with Gasteiger partial charge in [-0.3, -0.25) is 4.79 Å². The largest absolute Gasteiger partial charge is 0.461 e. The molecule has 1 aromatic carbocycles. The van der Waals surface area contributed by atoms with Crippen LogP contribution in [-0.2, 0) is 4.74 Å². The molecule has 0 aliphatic rings. The fourth-order valence-electron chi connectivity index (χ4n) is 2.29. The van der Waals surface area contributed by atoms with Gasteiger partial charge in [-0.25, -0.2) is 19.2 Å². The van der Waals surface area contributed by atoms with Crippen molar-refractivity contribution in [1.82, 2.24) is 24.9 Å². The molecule has 1 N–H and O–H groups in total. The number of aromatic nitrogens is 4. The van der Waals surface area contributed by atoms with E-state index < -0.39 is 17.7 Å². The molecule has 0 aliphatic heterocycles. The van der Waals surface area contributed by atoms with Crippen LogP contribution in [0.3, 0.4) is 0 Å². The summed E-state index contributed by atoms with van der Waals surface area (Å²) in [5.41, 5.74) is 1.18. The van der Waals surface area contributed by atoms with Gasteiger partial charge in [0, 0.05) is 30.1 Å². The number of benzene rings is 1. The smallest absolute Gasteiger partial charge is 0.352 e. The van der Waals surface area contributed by atoms with Crippen molar-refractivity contribution in [2.75, 3.05) is 19.4 Å². The van der Waals surface area contributed by atoms with Crippen LogP contribution in [-0.4, -0.2) is 50.8 Å². The zero-order chi connectivity index (χ0) is 20.6. The highest BCUT2D eigenvalue weighted by molar-refractivity contribution is 7.98. The lowest BCUT2D eigenvalue weighted by molar-refractivity contribution is 0.0507. The Labute approximate surface area is 174 Å². The van der Waals surface area contributed by atoms with Gasteiger partial charge in [0.15, 0.2) is 10.0 Å². The third-order valence-corrected chi connectivity index (χ3v) is 4.97. The average molecular weight is 433 g/mol. The molecule has 2 heterocycles. The first-order valence-electron chi connectivity index (χ1n) is 8.48. The Bertz CT molecular complexity index is 997. The van der Waals surface area contributed by atoms with Gasteiger partial charge in [-0.05, 0) is 42.4 Å². The molecule has 29 heavy (non-hydrogen) atoms. The van der Waals surface area contributed by atoms with E-state index in [1.54, 1.807) is 12.4 Å². The molecule has 0 aliphatic carbocycles. The minimum Gasteiger partial charge on any atom is -0.461 e. The fraction of sp³-hybridized carbons (Fsp3) is 0.222. The number of nitrogens with one attached hydrogen (secondary N) is 1. The first-order valence-corrected chi connectivity index (χ1v) is 10.5. The van der Waals surface area contributed by atoms with Crippen molar-refractivity contribution in [3.05, 3.63) is 52.9 Å². The van der Waals surface area contributed by atoms with E-state index in [0.717, 1.165) is 17.6 Å². The summed E-state index contributed by atoms with van der Waals surface area (Å²) >= 11 is 2.33. The number of nitrogens with zero attached hydrogens (tertiary/aromatic N) is 4. The molecule has 0 unspecified atom stereocenters. The predicted octanol–water partition coefficient (Wildman–Crippen LogP) is 2.83. The van der Waals surface area contributed by atoms with Gasteiger partial charge >= 0.3 is 5.97 Å². The molecule has 0 saturated carbocycles. The Morgan fingerprint density at radius 1 is 1.28 bits per heavy atom. The van der Waals surface area contributed by atoms with Gasteiger partial charge in [0.25, 0.3) is 5.91 Å². The summed E-state index contributed by atoms with van der Waals surface area (Å²) in [5.74, 6) is -1.42. The van der Waals surface area contributed by atoms with Gasteiger partial charge in [-0.15, -0.1) is 5.10 Å². The van der Waals surface area contributed by atoms with E-state index in [9.17, 15) is 14.0 Å². The third-order valence-electron chi connectivity index (χ3n) is 3.68. The zero-order valence-corrected chi connectivity index (χ0v) is 16.9. The van der Waals surface area contributed by atoms with Crippen molar-refractivity contribution in [2.45, 2.75) is 11.6 Å². The van der Waals surface area contributed by atoms with Crippen molar-refractivity contribution in [3.63, 3.8) is 0 Å². The minimum atomic E-state index is -0.555. The molecule has 0 fully saturated rings. The standard InChI is InChI=1S/C18H16FN5O3S2/c1-28-18-21-9-12(10-22-18)14-15(29-24-23-14)17(26)27-7-3-6-20-16(25)11-4-2-5-13(19)8-11/h2,4-5,8-10H,3,6-7H2,1H3,(H,20,25). The summed E-state index contributed by atoms with van der Waals surface area (Å²) in [6, 6.07) is 5.41. The van der Waals surface area contributed by atoms with Crippen LogP contribution in [0.25, 0.3) is 11.3 Å². The average Bonchev–Trinajstić information content (AvgIpc) is 3.23. The molecule has 0 bridgehead atoms. The van der Waals surface area contributed by atoms with Crippen LogP contribution < -0.4 is 5.32 Å². The van der Waals surface area contributed by atoms with Crippen LogP contribution >= 0.6 is 23.3 Å². The predicted molar refractivity (Wildman–Crippen MR) is 106 cm³/mol. The summed E-state index contributed by atoms with van der Waals surface area (Å²) in [4.78, 5) is 32.8. The Morgan fingerprint density at radius 2 is 2.07 bits per heavy atom. The summed E-state index contributed by atoms with van der Waals surface area (Å²) in [5, 5.41) is 7.22. The number of esters is 1. The van der Waals surface area contributed by atoms with E-state index in [-0.39, 0.29) is 23.6 Å². The lowest BCUT2D eigenvalue weighted by Crippen LogP contribution is -2.25. The molecular formula is C18H16FN5O3S2. The Hall–Kier alpha value is -2.92. The van der Waals surface area contributed by atoms with E-state index in [4.69, 9.17) is 4.74 Å². The second-order valence-electron chi connectivity index (χ2n) is 5.66. The Balaban J connectivity index is 1.48. The number of thioether (sulfide) groups is 1. The summed E-state index contributed by atoms with van der Waals surface area (Å²) in [6.45, 7) is 0.377. The highest BCUT2D eigenvalue weighted by Crippen LogP contribution is 2.24. The van der Waals surface area contributed by atoms with Gasteiger partial charge in [-0.2, -0.15) is 0 Å². The molecule has 0 saturated heterocycles. The monoisotopic (exact) mass is 433 g/mol. The van der Waals surface area contributed by atoms with Gasteiger partial charge in [-0.1, -0.05) is 22.3 Å². The van der Waals surface area contributed by atoms with E-state index in [2.05, 4.69) is 24.9 Å². The topological polar surface area (TPSA) is 107 Å². The lowest BCUT2D eigenvalue weighted by atomic mass is 10.2. The number of carbonyl (C=O) groups excluding carboxylic acids is 2. The van der Waals surface area contributed by atoms with Crippen LogP contribution in [0.15, 0.2) is 41.8 Å². The van der Waals surface area contributed by atoms with Crippen LogP contribution in [0.2, 0.25) is 0 Å². The highest BCUT2D eigenvalue weighted by atomic mass is 32.2. The summed E-state index contributed by atoms with van der Waals surface area (Å²) in [6.07, 6.45) is 5.42. The molecule has 2 aromatic heterocycles. The number of ether oxygens (including phenoxy) is 1. The summed E-state index contributed by atoms with van der Waals surface area (Å²) < 4.78 is 22.2. The second kappa shape index (κ2) is 10.0. The molecule has 11 heteroatoms. The SMILES string of the molecule is CSc1ncc(-c2nnsc2C(=O)OCCCNC(=O)c2cccc(F)c2)cn1. The number of amides is 1. The number of hydrogen-bond acceptors (Lipinski definition) is 9. The van der Waals surface area contributed by atoms with Crippen molar-refractivity contribution in [2.24, 2.45) is 0 Å². The van der Waals surface area contributed by atoms with E-state index in [1.807, 2.05) is 6.26 Å². The zero-order valence-electron chi connectivity index (χ0n) is 15.3. The quantitative estimate of drug-likeness (QED) is 0.250. The lowest BCUT2D eigenvalue weighted by Gasteiger charge is -2.06. The number of carbonyl (C=O) groups is 2. The van der Waals surface area contributed by atoms with E-state index >= 15 is 0 Å². The highest BCUT2D eigenvalue weighted by Gasteiger charge is 2.20. The Morgan fingerprint density at radius 3 is 2.79 bits per heavy atom. The molecule has 1 amide bonds. The Kier molecular flexibility index (Phi) is 7.19. The molecule has 0 spiro atoms. The molecule has 3 aromatic rings. The number of hydrogen-bond donors (Lipinski definition) is 1. The van der Waals surface area contributed by atoms with E-state index in [0.29, 0.717) is 22.8 Å². The molecule has 0 atom stereocenters.